The van der Waals surface area contributed by atoms with E-state index >= 15 is 0 Å². The minimum Gasteiger partial charge on any atom is -0.388 e. The van der Waals surface area contributed by atoms with Crippen molar-refractivity contribution in [2.75, 3.05) is 0 Å². The predicted octanol–water partition coefficient (Wildman–Crippen LogP) is 5.03. The molecule has 0 bridgehead atoms. The van der Waals surface area contributed by atoms with Gasteiger partial charge in [-0.25, -0.2) is 0 Å². The maximum Gasteiger partial charge on any atom is 0.0859 e. The van der Waals surface area contributed by atoms with Crippen molar-refractivity contribution in [2.24, 2.45) is 0 Å². The smallest absolute Gasteiger partial charge is 0.0859 e. The van der Waals surface area contributed by atoms with Gasteiger partial charge in [-0.2, -0.15) is 0 Å². The number of benzene rings is 2. The molecule has 0 aliphatic heterocycles. The van der Waals surface area contributed by atoms with E-state index in [2.05, 4.69) is 15.9 Å². The Morgan fingerprint density at radius 3 is 2.22 bits per heavy atom. The zero-order chi connectivity index (χ0) is 13.1. The van der Waals surface area contributed by atoms with E-state index in [0.717, 1.165) is 10.0 Å². The molecule has 0 aliphatic carbocycles. The third-order valence-corrected chi connectivity index (χ3v) is 4.14. The van der Waals surface area contributed by atoms with Gasteiger partial charge in [-0.3, -0.25) is 0 Å². The molecule has 0 aromatic heterocycles. The third-order valence-electron chi connectivity index (χ3n) is 2.70. The van der Waals surface area contributed by atoms with Gasteiger partial charge in [0.15, 0.2) is 0 Å². The minimum absolute atomic E-state index is 0.463. The molecule has 0 aliphatic rings. The average molecular weight is 346 g/mol. The molecule has 0 fully saturated rings. The fourth-order valence-corrected chi connectivity index (χ4v) is 2.90. The van der Waals surface area contributed by atoms with Crippen LogP contribution < -0.4 is 0 Å². The topological polar surface area (TPSA) is 20.2 Å². The second-order valence-electron chi connectivity index (χ2n) is 3.95. The maximum atomic E-state index is 10.3. The summed E-state index contributed by atoms with van der Waals surface area (Å²) in [6.07, 6.45) is -0.255. The first-order valence-electron chi connectivity index (χ1n) is 5.45. The van der Waals surface area contributed by atoms with Crippen molar-refractivity contribution in [3.63, 3.8) is 0 Å². The van der Waals surface area contributed by atoms with Crippen LogP contribution in [0.2, 0.25) is 10.0 Å². The quantitative estimate of drug-likeness (QED) is 0.826. The molecule has 1 atom stereocenters. The first kappa shape index (κ1) is 13.9. The van der Waals surface area contributed by atoms with Gasteiger partial charge < -0.3 is 5.11 Å². The van der Waals surface area contributed by atoms with E-state index in [4.69, 9.17) is 23.2 Å². The zero-order valence-corrected chi connectivity index (χ0v) is 12.5. The second kappa shape index (κ2) is 6.07. The zero-order valence-electron chi connectivity index (χ0n) is 9.41. The Morgan fingerprint density at radius 1 is 1.00 bits per heavy atom. The lowest BCUT2D eigenvalue weighted by molar-refractivity contribution is 0.178. The van der Waals surface area contributed by atoms with E-state index in [0.29, 0.717) is 22.0 Å². The fraction of sp³-hybridized carbons (Fsp3) is 0.143. The number of rotatable bonds is 3. The van der Waals surface area contributed by atoms with Crippen LogP contribution in [0, 0.1) is 0 Å². The lowest BCUT2D eigenvalue weighted by Gasteiger charge is -2.15. The number of aliphatic hydroxyl groups excluding tert-OH is 1. The van der Waals surface area contributed by atoms with Crippen molar-refractivity contribution in [3.05, 3.63) is 68.1 Å². The van der Waals surface area contributed by atoms with Gasteiger partial charge in [0, 0.05) is 26.5 Å². The SMILES string of the molecule is OC(Cc1ccccc1Br)c1c(Cl)cccc1Cl. The van der Waals surface area contributed by atoms with Crippen molar-refractivity contribution in [3.8, 4) is 0 Å². The van der Waals surface area contributed by atoms with Crippen molar-refractivity contribution < 1.29 is 5.11 Å². The molecule has 18 heavy (non-hydrogen) atoms. The Hall–Kier alpha value is -0.540. The standard InChI is InChI=1S/C14H11BrCl2O/c15-10-5-2-1-4-9(10)8-13(18)14-11(16)6-3-7-12(14)17/h1-7,13,18H,8H2. The molecule has 0 saturated carbocycles. The molecule has 2 aromatic rings. The highest BCUT2D eigenvalue weighted by atomic mass is 79.9. The van der Waals surface area contributed by atoms with Gasteiger partial charge in [-0.05, 0) is 23.8 Å². The molecular formula is C14H11BrCl2O. The molecule has 1 unspecified atom stereocenters. The van der Waals surface area contributed by atoms with E-state index in [1.54, 1.807) is 18.2 Å². The maximum absolute atomic E-state index is 10.3. The molecule has 4 heteroatoms. The summed E-state index contributed by atoms with van der Waals surface area (Å²) in [5.41, 5.74) is 1.59. The van der Waals surface area contributed by atoms with Crippen LogP contribution in [0.3, 0.4) is 0 Å². The van der Waals surface area contributed by atoms with E-state index in [-0.39, 0.29) is 0 Å². The van der Waals surface area contributed by atoms with E-state index in [9.17, 15) is 5.11 Å². The van der Waals surface area contributed by atoms with Gasteiger partial charge in [0.05, 0.1) is 6.10 Å². The average Bonchev–Trinajstić information content (AvgIpc) is 2.32. The summed E-state index contributed by atoms with van der Waals surface area (Å²) < 4.78 is 0.965. The number of aliphatic hydroxyl groups is 1. The van der Waals surface area contributed by atoms with Crippen molar-refractivity contribution in [2.45, 2.75) is 12.5 Å². The van der Waals surface area contributed by atoms with Gasteiger partial charge in [-0.1, -0.05) is 63.4 Å². The van der Waals surface area contributed by atoms with Crippen molar-refractivity contribution in [1.29, 1.82) is 0 Å². The van der Waals surface area contributed by atoms with Crippen LogP contribution in [0.4, 0.5) is 0 Å². The number of hydrogen-bond acceptors (Lipinski definition) is 1. The Morgan fingerprint density at radius 2 is 1.61 bits per heavy atom. The summed E-state index contributed by atoms with van der Waals surface area (Å²) in [6.45, 7) is 0. The molecular weight excluding hydrogens is 335 g/mol. The Kier molecular flexibility index (Phi) is 4.68. The molecule has 2 rings (SSSR count). The summed E-state index contributed by atoms with van der Waals surface area (Å²) in [4.78, 5) is 0. The molecule has 0 spiro atoms. The summed E-state index contributed by atoms with van der Waals surface area (Å²) >= 11 is 15.6. The summed E-state index contributed by atoms with van der Waals surface area (Å²) in [7, 11) is 0. The summed E-state index contributed by atoms with van der Waals surface area (Å²) in [6, 6.07) is 13.0. The van der Waals surface area contributed by atoms with Crippen molar-refractivity contribution >= 4 is 39.1 Å². The second-order valence-corrected chi connectivity index (χ2v) is 5.62. The normalized spacial score (nSPS) is 12.4. The largest absolute Gasteiger partial charge is 0.388 e. The number of hydrogen-bond donors (Lipinski definition) is 1. The predicted molar refractivity (Wildman–Crippen MR) is 79.3 cm³/mol. The van der Waals surface area contributed by atoms with E-state index in [1.807, 2.05) is 24.3 Å². The van der Waals surface area contributed by atoms with E-state index < -0.39 is 6.10 Å². The Balaban J connectivity index is 2.28. The van der Waals surface area contributed by atoms with Crippen LogP contribution in [0.1, 0.15) is 17.2 Å². The first-order valence-corrected chi connectivity index (χ1v) is 7.00. The van der Waals surface area contributed by atoms with Crippen LogP contribution >= 0.6 is 39.1 Å². The molecule has 0 amide bonds. The van der Waals surface area contributed by atoms with Crippen LogP contribution in [-0.4, -0.2) is 5.11 Å². The molecule has 94 valence electrons. The van der Waals surface area contributed by atoms with Crippen LogP contribution in [0.25, 0.3) is 0 Å². The summed E-state index contributed by atoms with van der Waals surface area (Å²) in [5, 5.41) is 11.2. The highest BCUT2D eigenvalue weighted by Crippen LogP contribution is 2.33. The van der Waals surface area contributed by atoms with Gasteiger partial charge in [0.2, 0.25) is 0 Å². The molecule has 1 N–H and O–H groups in total. The summed E-state index contributed by atoms with van der Waals surface area (Å²) in [5.74, 6) is 0. The Bertz CT molecular complexity index is 537. The van der Waals surface area contributed by atoms with Gasteiger partial charge in [0.1, 0.15) is 0 Å². The molecule has 0 saturated heterocycles. The number of halogens is 3. The molecule has 2 aromatic carbocycles. The van der Waals surface area contributed by atoms with Crippen LogP contribution in [0.15, 0.2) is 46.9 Å². The van der Waals surface area contributed by atoms with Crippen LogP contribution in [-0.2, 0) is 6.42 Å². The Labute approximate surface area is 124 Å². The van der Waals surface area contributed by atoms with Crippen molar-refractivity contribution in [1.82, 2.24) is 0 Å². The highest BCUT2D eigenvalue weighted by Gasteiger charge is 2.16. The molecule has 0 radical (unpaired) electrons. The van der Waals surface area contributed by atoms with Gasteiger partial charge in [-0.15, -0.1) is 0 Å². The minimum atomic E-state index is -0.718. The fourth-order valence-electron chi connectivity index (χ4n) is 1.80. The monoisotopic (exact) mass is 344 g/mol. The highest BCUT2D eigenvalue weighted by molar-refractivity contribution is 9.10. The lowest BCUT2D eigenvalue weighted by Crippen LogP contribution is -2.04. The van der Waals surface area contributed by atoms with Gasteiger partial charge >= 0.3 is 0 Å². The van der Waals surface area contributed by atoms with E-state index in [1.165, 1.54) is 0 Å². The molecule has 0 heterocycles. The third kappa shape index (κ3) is 3.07. The van der Waals surface area contributed by atoms with Gasteiger partial charge in [0.25, 0.3) is 0 Å². The molecule has 1 nitrogen and oxygen atoms in total. The first-order chi connectivity index (χ1) is 8.59. The van der Waals surface area contributed by atoms with Crippen LogP contribution in [0.5, 0.6) is 0 Å². The lowest BCUT2D eigenvalue weighted by atomic mass is 10.0.